The Morgan fingerprint density at radius 1 is 1.29 bits per heavy atom. The summed E-state index contributed by atoms with van der Waals surface area (Å²) in [5.41, 5.74) is 1.19. The van der Waals surface area contributed by atoms with Crippen LogP contribution < -0.4 is 15.4 Å². The second-order valence-corrected chi connectivity index (χ2v) is 7.22. The molecule has 0 aliphatic carbocycles. The van der Waals surface area contributed by atoms with Crippen LogP contribution in [-0.4, -0.2) is 23.7 Å². The van der Waals surface area contributed by atoms with E-state index in [4.69, 9.17) is 4.74 Å². The zero-order valence-electron chi connectivity index (χ0n) is 12.8. The summed E-state index contributed by atoms with van der Waals surface area (Å²) in [7, 11) is 0. The van der Waals surface area contributed by atoms with Crippen molar-refractivity contribution < 1.29 is 14.3 Å². The van der Waals surface area contributed by atoms with Gasteiger partial charge >= 0.3 is 0 Å². The summed E-state index contributed by atoms with van der Waals surface area (Å²) in [6.07, 6.45) is -0.514. The summed E-state index contributed by atoms with van der Waals surface area (Å²) < 4.78 is 6.49. The van der Waals surface area contributed by atoms with Crippen LogP contribution in [0.4, 0.5) is 11.4 Å². The molecule has 124 valence electrons. The third-order valence-electron chi connectivity index (χ3n) is 3.38. The number of anilines is 2. The van der Waals surface area contributed by atoms with Crippen LogP contribution >= 0.6 is 27.7 Å². The average molecular weight is 407 g/mol. The third kappa shape index (κ3) is 4.10. The number of amides is 2. The molecule has 0 spiro atoms. The van der Waals surface area contributed by atoms with Gasteiger partial charge in [-0.2, -0.15) is 0 Å². The first-order valence-corrected chi connectivity index (χ1v) is 9.09. The normalized spacial score (nSPS) is 15.9. The van der Waals surface area contributed by atoms with Gasteiger partial charge in [0.15, 0.2) is 6.10 Å². The number of fused-ring (bicyclic) bond motifs is 1. The molecule has 5 nitrogen and oxygen atoms in total. The van der Waals surface area contributed by atoms with Crippen LogP contribution in [0, 0.1) is 0 Å². The van der Waals surface area contributed by atoms with Gasteiger partial charge in [0.1, 0.15) is 5.75 Å². The van der Waals surface area contributed by atoms with Gasteiger partial charge in [0, 0.05) is 15.1 Å². The zero-order chi connectivity index (χ0) is 17.1. The third-order valence-corrected chi connectivity index (χ3v) is 4.92. The van der Waals surface area contributed by atoms with Crippen LogP contribution in [0.25, 0.3) is 0 Å². The standard InChI is InChI=1S/C17H15BrN2O3S/c1-10-17(22)20-14-8-12(4-7-15(14)23-10)19-16(21)9-24-13-5-2-11(18)3-6-13/h2-8,10H,9H2,1H3,(H,19,21)(H,20,22)/t10-/m0/s1. The SMILES string of the molecule is C[C@@H]1Oc2ccc(NC(=O)CSc3ccc(Br)cc3)cc2NC1=O. The summed E-state index contributed by atoms with van der Waals surface area (Å²) in [6, 6.07) is 13.0. The summed E-state index contributed by atoms with van der Waals surface area (Å²) >= 11 is 4.84. The topological polar surface area (TPSA) is 67.4 Å². The zero-order valence-corrected chi connectivity index (χ0v) is 15.2. The van der Waals surface area contributed by atoms with E-state index in [0.717, 1.165) is 9.37 Å². The Labute approximate surface area is 152 Å². The minimum absolute atomic E-state index is 0.112. The molecule has 0 aromatic heterocycles. The molecule has 2 aromatic rings. The smallest absolute Gasteiger partial charge is 0.265 e. The van der Waals surface area contributed by atoms with E-state index in [0.29, 0.717) is 22.9 Å². The van der Waals surface area contributed by atoms with Gasteiger partial charge in [-0.3, -0.25) is 9.59 Å². The van der Waals surface area contributed by atoms with E-state index in [-0.39, 0.29) is 11.8 Å². The van der Waals surface area contributed by atoms with Crippen molar-refractivity contribution in [1.29, 1.82) is 0 Å². The molecule has 0 bridgehead atoms. The van der Waals surface area contributed by atoms with Crippen molar-refractivity contribution >= 4 is 50.9 Å². The van der Waals surface area contributed by atoms with Crippen molar-refractivity contribution in [3.05, 3.63) is 46.9 Å². The molecule has 0 unspecified atom stereocenters. The number of rotatable bonds is 4. The Hall–Kier alpha value is -1.99. The maximum Gasteiger partial charge on any atom is 0.265 e. The molecule has 3 rings (SSSR count). The van der Waals surface area contributed by atoms with E-state index < -0.39 is 6.10 Å². The van der Waals surface area contributed by atoms with Gasteiger partial charge in [-0.1, -0.05) is 15.9 Å². The fourth-order valence-electron chi connectivity index (χ4n) is 2.16. The average Bonchev–Trinajstić information content (AvgIpc) is 2.56. The number of ether oxygens (including phenoxy) is 1. The number of carbonyl (C=O) groups is 2. The molecule has 1 atom stereocenters. The molecule has 1 heterocycles. The van der Waals surface area contributed by atoms with Crippen LogP contribution in [0.1, 0.15) is 6.92 Å². The van der Waals surface area contributed by atoms with Crippen molar-refractivity contribution in [2.45, 2.75) is 17.9 Å². The molecule has 2 amide bonds. The Bertz CT molecular complexity index is 780. The summed E-state index contributed by atoms with van der Waals surface area (Å²) in [4.78, 5) is 24.7. The summed E-state index contributed by atoms with van der Waals surface area (Å²) in [5.74, 6) is 0.596. The minimum Gasteiger partial charge on any atom is -0.479 e. The molecule has 0 saturated heterocycles. The molecular formula is C17H15BrN2O3S. The fourth-order valence-corrected chi connectivity index (χ4v) is 3.13. The van der Waals surface area contributed by atoms with Gasteiger partial charge in [0.05, 0.1) is 11.4 Å². The van der Waals surface area contributed by atoms with Gasteiger partial charge in [0.2, 0.25) is 5.91 Å². The van der Waals surface area contributed by atoms with Gasteiger partial charge < -0.3 is 15.4 Å². The van der Waals surface area contributed by atoms with Crippen LogP contribution in [-0.2, 0) is 9.59 Å². The van der Waals surface area contributed by atoms with Crippen molar-refractivity contribution in [2.24, 2.45) is 0 Å². The van der Waals surface area contributed by atoms with E-state index in [1.165, 1.54) is 11.8 Å². The van der Waals surface area contributed by atoms with Crippen LogP contribution in [0.3, 0.4) is 0 Å². The number of carbonyl (C=O) groups excluding carboxylic acids is 2. The number of hydrogen-bond acceptors (Lipinski definition) is 4. The van der Waals surface area contributed by atoms with E-state index >= 15 is 0 Å². The second kappa shape index (κ2) is 7.27. The lowest BCUT2D eigenvalue weighted by Crippen LogP contribution is -2.34. The van der Waals surface area contributed by atoms with E-state index in [2.05, 4.69) is 26.6 Å². The molecule has 24 heavy (non-hydrogen) atoms. The molecular weight excluding hydrogens is 392 g/mol. The first-order chi connectivity index (χ1) is 11.5. The number of hydrogen-bond donors (Lipinski definition) is 2. The predicted molar refractivity (Wildman–Crippen MR) is 98.7 cm³/mol. The molecule has 7 heteroatoms. The molecule has 1 aliphatic rings. The van der Waals surface area contributed by atoms with Crippen LogP contribution in [0.5, 0.6) is 5.75 Å². The Morgan fingerprint density at radius 3 is 2.79 bits per heavy atom. The Kier molecular flexibility index (Phi) is 5.11. The van der Waals surface area contributed by atoms with E-state index in [9.17, 15) is 9.59 Å². The predicted octanol–water partition coefficient (Wildman–Crippen LogP) is 3.90. The Morgan fingerprint density at radius 2 is 2.04 bits per heavy atom. The number of thioether (sulfide) groups is 1. The molecule has 0 radical (unpaired) electrons. The van der Waals surface area contributed by atoms with Crippen LogP contribution in [0.15, 0.2) is 51.8 Å². The van der Waals surface area contributed by atoms with Gasteiger partial charge in [-0.15, -0.1) is 11.8 Å². The highest BCUT2D eigenvalue weighted by atomic mass is 79.9. The lowest BCUT2D eigenvalue weighted by molar-refractivity contribution is -0.122. The van der Waals surface area contributed by atoms with Gasteiger partial charge in [0.25, 0.3) is 5.91 Å². The van der Waals surface area contributed by atoms with E-state index in [1.807, 2.05) is 24.3 Å². The summed E-state index contributed by atoms with van der Waals surface area (Å²) in [6.45, 7) is 1.69. The van der Waals surface area contributed by atoms with Crippen LogP contribution in [0.2, 0.25) is 0 Å². The Balaban J connectivity index is 1.59. The van der Waals surface area contributed by atoms with Crippen molar-refractivity contribution in [1.82, 2.24) is 0 Å². The lowest BCUT2D eigenvalue weighted by Gasteiger charge is -2.23. The second-order valence-electron chi connectivity index (χ2n) is 5.25. The van der Waals surface area contributed by atoms with Crippen molar-refractivity contribution in [3.8, 4) is 5.75 Å². The van der Waals surface area contributed by atoms with Crippen molar-refractivity contribution in [2.75, 3.05) is 16.4 Å². The first-order valence-electron chi connectivity index (χ1n) is 7.31. The molecule has 1 aliphatic heterocycles. The lowest BCUT2D eigenvalue weighted by atomic mass is 10.2. The highest BCUT2D eigenvalue weighted by Gasteiger charge is 2.23. The van der Waals surface area contributed by atoms with Gasteiger partial charge in [-0.05, 0) is 49.4 Å². The molecule has 2 N–H and O–H groups in total. The number of nitrogens with one attached hydrogen (secondary N) is 2. The van der Waals surface area contributed by atoms with E-state index in [1.54, 1.807) is 25.1 Å². The quantitative estimate of drug-likeness (QED) is 0.755. The number of benzene rings is 2. The number of halogens is 1. The molecule has 0 fully saturated rings. The highest BCUT2D eigenvalue weighted by Crippen LogP contribution is 2.32. The fraction of sp³-hybridized carbons (Fsp3) is 0.176. The first kappa shape index (κ1) is 16.9. The molecule has 0 saturated carbocycles. The largest absolute Gasteiger partial charge is 0.479 e. The monoisotopic (exact) mass is 406 g/mol. The maximum atomic E-state index is 12.1. The van der Waals surface area contributed by atoms with Crippen molar-refractivity contribution in [3.63, 3.8) is 0 Å². The molecule has 2 aromatic carbocycles. The summed E-state index contributed by atoms with van der Waals surface area (Å²) in [5, 5.41) is 5.59. The van der Waals surface area contributed by atoms with Gasteiger partial charge in [-0.25, -0.2) is 0 Å². The minimum atomic E-state index is -0.514. The maximum absolute atomic E-state index is 12.1. The highest BCUT2D eigenvalue weighted by molar-refractivity contribution is 9.10.